The fourth-order valence-corrected chi connectivity index (χ4v) is 6.93. The van der Waals surface area contributed by atoms with Crippen LogP contribution in [0.5, 0.6) is 0 Å². The molecule has 0 aromatic heterocycles. The van der Waals surface area contributed by atoms with Gasteiger partial charge in [-0.25, -0.2) is 0 Å². The summed E-state index contributed by atoms with van der Waals surface area (Å²) in [5, 5.41) is 5.73. The average Bonchev–Trinajstić information content (AvgIpc) is 2.70. The van der Waals surface area contributed by atoms with Crippen LogP contribution in [0.4, 0.5) is 0 Å². The van der Waals surface area contributed by atoms with E-state index in [9.17, 15) is 0 Å². The molecule has 3 aromatic carbocycles. The highest BCUT2D eigenvalue weighted by Crippen LogP contribution is 2.20. The maximum absolute atomic E-state index is 6.46. The lowest BCUT2D eigenvalue weighted by atomic mass is 9.98. The Balaban J connectivity index is 1.67. The van der Waals surface area contributed by atoms with Crippen molar-refractivity contribution < 1.29 is 4.74 Å². The highest BCUT2D eigenvalue weighted by molar-refractivity contribution is 6.86. The van der Waals surface area contributed by atoms with Crippen LogP contribution in [0.3, 0.4) is 0 Å². The van der Waals surface area contributed by atoms with Crippen molar-refractivity contribution in [2.24, 2.45) is 0 Å². The summed E-state index contributed by atoms with van der Waals surface area (Å²) < 4.78 is 6.46. The predicted molar refractivity (Wildman–Crippen MR) is 110 cm³/mol. The molecular formula is C23H26OSi. The van der Waals surface area contributed by atoms with Gasteiger partial charge >= 0.3 is 0 Å². The van der Waals surface area contributed by atoms with E-state index in [0.29, 0.717) is 6.10 Å². The van der Waals surface area contributed by atoms with Crippen molar-refractivity contribution >= 4 is 29.9 Å². The van der Waals surface area contributed by atoms with Crippen LogP contribution in [-0.4, -0.2) is 21.1 Å². The van der Waals surface area contributed by atoms with Gasteiger partial charge in [-0.1, -0.05) is 97.2 Å². The Labute approximate surface area is 152 Å². The van der Waals surface area contributed by atoms with Crippen molar-refractivity contribution in [1.82, 2.24) is 0 Å². The Morgan fingerprint density at radius 3 is 2.32 bits per heavy atom. The summed E-state index contributed by atoms with van der Waals surface area (Å²) in [4.78, 5) is 0. The molecule has 128 valence electrons. The average molecular weight is 347 g/mol. The zero-order valence-electron chi connectivity index (χ0n) is 14.7. The summed E-state index contributed by atoms with van der Waals surface area (Å²) >= 11 is 0. The van der Waals surface area contributed by atoms with Crippen LogP contribution in [0.2, 0.25) is 0 Å². The summed E-state index contributed by atoms with van der Waals surface area (Å²) in [5.41, 5.74) is 0. The Morgan fingerprint density at radius 1 is 0.760 bits per heavy atom. The van der Waals surface area contributed by atoms with Crippen LogP contribution < -0.4 is 10.4 Å². The molecule has 0 bridgehead atoms. The molecule has 1 aliphatic carbocycles. The van der Waals surface area contributed by atoms with Crippen molar-refractivity contribution in [2.75, 3.05) is 6.23 Å². The Bertz CT molecular complexity index is 803. The fraction of sp³-hybridized carbons (Fsp3) is 0.304. The minimum absolute atomic E-state index is 0.474. The first-order valence-electron chi connectivity index (χ1n) is 9.56. The van der Waals surface area contributed by atoms with Gasteiger partial charge < -0.3 is 4.74 Å². The lowest BCUT2D eigenvalue weighted by molar-refractivity contribution is 0.0559. The number of hydrogen-bond donors (Lipinski definition) is 0. The van der Waals surface area contributed by atoms with E-state index in [2.05, 4.69) is 72.8 Å². The van der Waals surface area contributed by atoms with Gasteiger partial charge in [0.15, 0.2) is 0 Å². The third-order valence-corrected chi connectivity index (χ3v) is 8.42. The van der Waals surface area contributed by atoms with Crippen LogP contribution in [0.15, 0.2) is 72.8 Å². The zero-order chi connectivity index (χ0) is 16.9. The standard InChI is InChI=1S/C23H26OSi/c1-3-12-20(13-4-1)24-18-25(21-14-5-2-6-15-21)23-17-9-11-19-10-7-8-16-22(19)23/h2,5-11,14-17,20,25H,1,3-4,12-13,18H2/t25-/m1/s1. The highest BCUT2D eigenvalue weighted by atomic mass is 28.3. The van der Waals surface area contributed by atoms with Crippen molar-refractivity contribution in [3.8, 4) is 0 Å². The second-order valence-corrected chi connectivity index (χ2v) is 9.85. The first-order chi connectivity index (χ1) is 12.4. The van der Waals surface area contributed by atoms with Crippen LogP contribution in [0, 0.1) is 0 Å². The summed E-state index contributed by atoms with van der Waals surface area (Å²) in [5.74, 6) is 0. The lowest BCUT2D eigenvalue weighted by Gasteiger charge is -2.25. The number of hydrogen-bond acceptors (Lipinski definition) is 1. The van der Waals surface area contributed by atoms with Crippen LogP contribution >= 0.6 is 0 Å². The molecule has 1 fully saturated rings. The lowest BCUT2D eigenvalue weighted by Crippen LogP contribution is -2.47. The maximum Gasteiger partial charge on any atom is 0.131 e. The van der Waals surface area contributed by atoms with Gasteiger partial charge in [0, 0.05) is 6.23 Å². The molecule has 0 amide bonds. The monoisotopic (exact) mass is 346 g/mol. The van der Waals surface area contributed by atoms with Gasteiger partial charge in [0.1, 0.15) is 8.80 Å². The maximum atomic E-state index is 6.46. The minimum Gasteiger partial charge on any atom is -0.381 e. The third-order valence-electron chi connectivity index (χ3n) is 5.45. The van der Waals surface area contributed by atoms with E-state index in [0.717, 1.165) is 6.23 Å². The van der Waals surface area contributed by atoms with Crippen molar-refractivity contribution in [3.63, 3.8) is 0 Å². The molecule has 1 atom stereocenters. The highest BCUT2D eigenvalue weighted by Gasteiger charge is 2.22. The molecule has 1 saturated carbocycles. The molecule has 0 N–H and O–H groups in total. The normalized spacial score (nSPS) is 16.8. The van der Waals surface area contributed by atoms with E-state index < -0.39 is 8.80 Å². The van der Waals surface area contributed by atoms with Crippen molar-refractivity contribution in [3.05, 3.63) is 72.8 Å². The van der Waals surface area contributed by atoms with Gasteiger partial charge in [0.25, 0.3) is 0 Å². The molecule has 3 aromatic rings. The number of ether oxygens (including phenoxy) is 1. The molecule has 1 nitrogen and oxygen atoms in total. The molecule has 2 heteroatoms. The summed E-state index contributed by atoms with van der Waals surface area (Å²) in [7, 11) is -1.39. The largest absolute Gasteiger partial charge is 0.381 e. The second kappa shape index (κ2) is 7.98. The van der Waals surface area contributed by atoms with Gasteiger partial charge in [0.05, 0.1) is 6.10 Å². The van der Waals surface area contributed by atoms with E-state index in [1.54, 1.807) is 0 Å². The fourth-order valence-electron chi connectivity index (χ4n) is 4.07. The molecular weight excluding hydrogens is 320 g/mol. The quantitative estimate of drug-likeness (QED) is 0.633. The topological polar surface area (TPSA) is 9.23 Å². The van der Waals surface area contributed by atoms with Gasteiger partial charge in [-0.05, 0) is 28.8 Å². The first kappa shape index (κ1) is 16.6. The van der Waals surface area contributed by atoms with Gasteiger partial charge in [-0.2, -0.15) is 0 Å². The Hall–Kier alpha value is -1.90. The van der Waals surface area contributed by atoms with E-state index in [1.165, 1.54) is 53.3 Å². The molecule has 0 spiro atoms. The Morgan fingerprint density at radius 2 is 1.48 bits per heavy atom. The van der Waals surface area contributed by atoms with E-state index >= 15 is 0 Å². The van der Waals surface area contributed by atoms with E-state index in [4.69, 9.17) is 4.74 Å². The molecule has 0 unspecified atom stereocenters. The van der Waals surface area contributed by atoms with Gasteiger partial charge in [-0.15, -0.1) is 0 Å². The molecule has 0 radical (unpaired) electrons. The Kier molecular flexibility index (Phi) is 5.29. The number of fused-ring (bicyclic) bond motifs is 1. The van der Waals surface area contributed by atoms with E-state index in [1.807, 2.05) is 0 Å². The van der Waals surface area contributed by atoms with Crippen molar-refractivity contribution in [1.29, 1.82) is 0 Å². The minimum atomic E-state index is -1.39. The molecule has 1 aliphatic rings. The molecule has 4 rings (SSSR count). The van der Waals surface area contributed by atoms with Crippen LogP contribution in [0.1, 0.15) is 32.1 Å². The SMILES string of the molecule is c1ccc([Si@@H](COC2CCCCC2)c2cccc3ccccc23)cc1. The van der Waals surface area contributed by atoms with Crippen LogP contribution in [-0.2, 0) is 4.74 Å². The molecule has 0 aliphatic heterocycles. The van der Waals surface area contributed by atoms with E-state index in [-0.39, 0.29) is 0 Å². The van der Waals surface area contributed by atoms with Crippen molar-refractivity contribution in [2.45, 2.75) is 38.2 Å². The number of benzene rings is 3. The smallest absolute Gasteiger partial charge is 0.131 e. The molecule has 0 saturated heterocycles. The van der Waals surface area contributed by atoms with Gasteiger partial charge in [-0.3, -0.25) is 0 Å². The number of rotatable bonds is 5. The van der Waals surface area contributed by atoms with Crippen LogP contribution in [0.25, 0.3) is 10.8 Å². The molecule has 0 heterocycles. The third kappa shape index (κ3) is 3.86. The first-order valence-corrected chi connectivity index (χ1v) is 11.5. The summed E-state index contributed by atoms with van der Waals surface area (Å²) in [6.45, 7) is 0. The summed E-state index contributed by atoms with van der Waals surface area (Å²) in [6, 6.07) is 26.6. The van der Waals surface area contributed by atoms with Gasteiger partial charge in [0.2, 0.25) is 0 Å². The predicted octanol–water partition coefficient (Wildman–Crippen LogP) is 4.07. The molecule has 25 heavy (non-hydrogen) atoms. The zero-order valence-corrected chi connectivity index (χ0v) is 15.9. The second-order valence-electron chi connectivity index (χ2n) is 7.12. The summed E-state index contributed by atoms with van der Waals surface area (Å²) in [6.07, 6.45) is 7.90.